The van der Waals surface area contributed by atoms with Crippen LogP contribution < -0.4 is 11.1 Å². The van der Waals surface area contributed by atoms with Crippen LogP contribution in [0.5, 0.6) is 0 Å². The van der Waals surface area contributed by atoms with E-state index >= 15 is 0 Å². The Kier molecular flexibility index (Phi) is 3.61. The lowest BCUT2D eigenvalue weighted by Crippen LogP contribution is -2.34. The first kappa shape index (κ1) is 13.6. The molecule has 0 aliphatic heterocycles. The van der Waals surface area contributed by atoms with Gasteiger partial charge in [0.2, 0.25) is 0 Å². The molecule has 2 rings (SSSR count). The standard InChI is InChI=1S/C13H20N4O2/c1-13(2,3)10(6-7-18)15-9-5-4-8(14)11-12(9)17-19-16-11/h4-5,10,15,18H,6-7,14H2,1-3H3. The summed E-state index contributed by atoms with van der Waals surface area (Å²) >= 11 is 0. The molecule has 0 fully saturated rings. The van der Waals surface area contributed by atoms with Gasteiger partial charge in [-0.2, -0.15) is 0 Å². The Bertz CT molecular complexity index is 559. The van der Waals surface area contributed by atoms with Crippen molar-refractivity contribution in [3.63, 3.8) is 0 Å². The van der Waals surface area contributed by atoms with E-state index in [0.717, 1.165) is 5.69 Å². The Balaban J connectivity index is 2.34. The summed E-state index contributed by atoms with van der Waals surface area (Å²) in [5, 5.41) is 20.3. The molecule has 2 aromatic rings. The minimum absolute atomic E-state index is 0.00754. The van der Waals surface area contributed by atoms with Gasteiger partial charge >= 0.3 is 0 Å². The van der Waals surface area contributed by atoms with E-state index < -0.39 is 0 Å². The van der Waals surface area contributed by atoms with Crippen LogP contribution in [0.3, 0.4) is 0 Å². The van der Waals surface area contributed by atoms with Crippen molar-refractivity contribution in [1.82, 2.24) is 10.3 Å². The molecule has 1 aromatic heterocycles. The first-order valence-electron chi connectivity index (χ1n) is 6.31. The number of hydrogen-bond donors (Lipinski definition) is 3. The molecule has 0 spiro atoms. The largest absolute Gasteiger partial charge is 0.397 e. The molecular formula is C13H20N4O2. The second-order valence-corrected chi connectivity index (χ2v) is 5.74. The molecule has 0 aliphatic rings. The highest BCUT2D eigenvalue weighted by atomic mass is 16.6. The fourth-order valence-electron chi connectivity index (χ4n) is 2.04. The van der Waals surface area contributed by atoms with E-state index in [0.29, 0.717) is 23.1 Å². The maximum Gasteiger partial charge on any atom is 0.160 e. The van der Waals surface area contributed by atoms with Crippen LogP contribution in [0.15, 0.2) is 16.8 Å². The number of aliphatic hydroxyl groups is 1. The highest BCUT2D eigenvalue weighted by Gasteiger charge is 2.25. The molecule has 4 N–H and O–H groups in total. The van der Waals surface area contributed by atoms with E-state index in [9.17, 15) is 5.11 Å². The van der Waals surface area contributed by atoms with Gasteiger partial charge in [-0.15, -0.1) is 0 Å². The lowest BCUT2D eigenvalue weighted by atomic mass is 9.84. The normalized spacial score (nSPS) is 13.7. The van der Waals surface area contributed by atoms with Crippen LogP contribution in [0.4, 0.5) is 11.4 Å². The van der Waals surface area contributed by atoms with Crippen LogP contribution in [-0.4, -0.2) is 28.1 Å². The van der Waals surface area contributed by atoms with E-state index in [1.807, 2.05) is 6.07 Å². The first-order chi connectivity index (χ1) is 8.93. The molecule has 0 radical (unpaired) electrons. The average molecular weight is 264 g/mol. The number of aromatic nitrogens is 2. The molecule has 1 aromatic carbocycles. The maximum absolute atomic E-state index is 9.19. The van der Waals surface area contributed by atoms with Gasteiger partial charge in [-0.1, -0.05) is 20.8 Å². The number of aliphatic hydroxyl groups excluding tert-OH is 1. The highest BCUT2D eigenvalue weighted by molar-refractivity contribution is 5.95. The van der Waals surface area contributed by atoms with Crippen LogP contribution in [0.25, 0.3) is 11.0 Å². The van der Waals surface area contributed by atoms with E-state index in [1.165, 1.54) is 0 Å². The predicted molar refractivity (Wildman–Crippen MR) is 74.8 cm³/mol. The Morgan fingerprint density at radius 2 is 2.00 bits per heavy atom. The molecule has 1 heterocycles. The SMILES string of the molecule is CC(C)(C)C(CCO)Nc1ccc(N)c2nonc12. The van der Waals surface area contributed by atoms with E-state index in [-0.39, 0.29) is 18.1 Å². The molecule has 0 amide bonds. The topological polar surface area (TPSA) is 97.2 Å². The lowest BCUT2D eigenvalue weighted by Gasteiger charge is -2.32. The monoisotopic (exact) mass is 264 g/mol. The molecule has 6 heteroatoms. The Labute approximate surface area is 111 Å². The summed E-state index contributed by atoms with van der Waals surface area (Å²) in [7, 11) is 0. The number of benzene rings is 1. The number of fused-ring (bicyclic) bond motifs is 1. The van der Waals surface area contributed by atoms with Gasteiger partial charge in [0.1, 0.15) is 0 Å². The van der Waals surface area contributed by atoms with Gasteiger partial charge in [0.25, 0.3) is 0 Å². The zero-order valence-corrected chi connectivity index (χ0v) is 11.5. The summed E-state index contributed by atoms with van der Waals surface area (Å²) in [6, 6.07) is 3.74. The van der Waals surface area contributed by atoms with Crippen LogP contribution in [0.2, 0.25) is 0 Å². The Hall–Kier alpha value is -1.82. The van der Waals surface area contributed by atoms with Crippen molar-refractivity contribution in [3.05, 3.63) is 12.1 Å². The number of anilines is 2. The highest BCUT2D eigenvalue weighted by Crippen LogP contribution is 2.30. The summed E-state index contributed by atoms with van der Waals surface area (Å²) < 4.78 is 4.74. The second-order valence-electron chi connectivity index (χ2n) is 5.74. The first-order valence-corrected chi connectivity index (χ1v) is 6.31. The molecule has 1 atom stereocenters. The van der Waals surface area contributed by atoms with Crippen molar-refractivity contribution in [1.29, 1.82) is 0 Å². The Morgan fingerprint density at radius 1 is 1.32 bits per heavy atom. The second kappa shape index (κ2) is 5.05. The van der Waals surface area contributed by atoms with E-state index in [1.54, 1.807) is 6.07 Å². The van der Waals surface area contributed by atoms with Gasteiger partial charge in [-0.25, -0.2) is 4.63 Å². The number of nitrogens with zero attached hydrogens (tertiary/aromatic N) is 2. The third kappa shape index (κ3) is 2.78. The number of rotatable bonds is 4. The van der Waals surface area contributed by atoms with Gasteiger partial charge in [-0.3, -0.25) is 0 Å². The van der Waals surface area contributed by atoms with Crippen LogP contribution in [0.1, 0.15) is 27.2 Å². The fourth-order valence-corrected chi connectivity index (χ4v) is 2.04. The van der Waals surface area contributed by atoms with E-state index in [4.69, 9.17) is 10.4 Å². The zero-order chi connectivity index (χ0) is 14.0. The predicted octanol–water partition coefficient (Wildman–Crippen LogP) is 2.01. The molecule has 0 saturated carbocycles. The molecule has 19 heavy (non-hydrogen) atoms. The number of nitrogens with two attached hydrogens (primary N) is 1. The van der Waals surface area contributed by atoms with Crippen molar-refractivity contribution in [2.24, 2.45) is 5.41 Å². The summed E-state index contributed by atoms with van der Waals surface area (Å²) in [6.07, 6.45) is 0.653. The number of nitrogens with one attached hydrogen (secondary N) is 1. The van der Waals surface area contributed by atoms with Crippen molar-refractivity contribution in [2.45, 2.75) is 33.2 Å². The lowest BCUT2D eigenvalue weighted by molar-refractivity contribution is 0.235. The zero-order valence-electron chi connectivity index (χ0n) is 11.5. The minimum Gasteiger partial charge on any atom is -0.397 e. The summed E-state index contributed by atoms with van der Waals surface area (Å²) in [6.45, 7) is 6.49. The maximum atomic E-state index is 9.19. The summed E-state index contributed by atoms with van der Waals surface area (Å²) in [5.41, 5.74) is 8.35. The third-order valence-corrected chi connectivity index (χ3v) is 3.24. The smallest absolute Gasteiger partial charge is 0.160 e. The molecule has 0 aliphatic carbocycles. The van der Waals surface area contributed by atoms with Gasteiger partial charge < -0.3 is 16.2 Å². The fraction of sp³-hybridized carbons (Fsp3) is 0.538. The van der Waals surface area contributed by atoms with Gasteiger partial charge in [-0.05, 0) is 34.3 Å². The van der Waals surface area contributed by atoms with Crippen molar-refractivity contribution < 1.29 is 9.74 Å². The quantitative estimate of drug-likeness (QED) is 0.731. The van der Waals surface area contributed by atoms with Crippen molar-refractivity contribution >= 4 is 22.4 Å². The number of nitrogen functional groups attached to an aromatic ring is 1. The van der Waals surface area contributed by atoms with Gasteiger partial charge in [0, 0.05) is 12.6 Å². The van der Waals surface area contributed by atoms with E-state index in [2.05, 4.69) is 36.4 Å². The summed E-state index contributed by atoms with van der Waals surface area (Å²) in [5.74, 6) is 0. The van der Waals surface area contributed by atoms with Gasteiger partial charge in [0.05, 0.1) is 11.4 Å². The molecule has 6 nitrogen and oxygen atoms in total. The van der Waals surface area contributed by atoms with Gasteiger partial charge in [0.15, 0.2) is 11.0 Å². The van der Waals surface area contributed by atoms with Crippen molar-refractivity contribution in [3.8, 4) is 0 Å². The minimum atomic E-state index is 0.00754. The molecule has 1 unspecified atom stereocenters. The Morgan fingerprint density at radius 3 is 2.63 bits per heavy atom. The van der Waals surface area contributed by atoms with Crippen molar-refractivity contribution in [2.75, 3.05) is 17.7 Å². The van der Waals surface area contributed by atoms with Crippen LogP contribution in [0, 0.1) is 5.41 Å². The summed E-state index contributed by atoms with van der Waals surface area (Å²) in [4.78, 5) is 0. The van der Waals surface area contributed by atoms with Crippen LogP contribution >= 0.6 is 0 Å². The molecule has 104 valence electrons. The molecular weight excluding hydrogens is 244 g/mol. The molecule has 0 bridgehead atoms. The third-order valence-electron chi connectivity index (χ3n) is 3.24. The number of hydrogen-bond acceptors (Lipinski definition) is 6. The molecule has 0 saturated heterocycles. The average Bonchev–Trinajstić information content (AvgIpc) is 2.80. The van der Waals surface area contributed by atoms with Crippen LogP contribution in [-0.2, 0) is 0 Å².